The second-order valence-corrected chi connectivity index (χ2v) is 6.99. The van der Waals surface area contributed by atoms with Crippen molar-refractivity contribution < 1.29 is 8.91 Å². The summed E-state index contributed by atoms with van der Waals surface area (Å²) in [5, 5.41) is 13.6. The normalized spacial score (nSPS) is 18.2. The lowest BCUT2D eigenvalue weighted by atomic mass is 10.1. The van der Waals surface area contributed by atoms with Crippen molar-refractivity contribution in [2.75, 3.05) is 39.7 Å². The summed E-state index contributed by atoms with van der Waals surface area (Å²) < 4.78 is 24.2. The number of likely N-dealkylation sites (N-methyl/N-ethyl adjacent to an activating group) is 1. The maximum atomic E-state index is 12.5. The van der Waals surface area contributed by atoms with E-state index in [0.29, 0.717) is 38.4 Å². The van der Waals surface area contributed by atoms with E-state index in [1.54, 1.807) is 4.68 Å². The number of hydrogen-bond acceptors (Lipinski definition) is 6. The van der Waals surface area contributed by atoms with Crippen molar-refractivity contribution in [3.63, 3.8) is 0 Å². The lowest BCUT2D eigenvalue weighted by Crippen LogP contribution is -2.46. The Bertz CT molecular complexity index is 1060. The monoisotopic (exact) mass is 367 g/mol. The predicted molar refractivity (Wildman–Crippen MR) is 104 cm³/mol. The molecular formula is C20H24N6O. The summed E-state index contributed by atoms with van der Waals surface area (Å²) in [6, 6.07) is 7.84. The van der Waals surface area contributed by atoms with Crippen LogP contribution >= 0.6 is 0 Å². The van der Waals surface area contributed by atoms with Gasteiger partial charge in [0.1, 0.15) is 0 Å². The summed E-state index contributed by atoms with van der Waals surface area (Å²) in [4.78, 5) is 16.0. The zero-order valence-corrected chi connectivity index (χ0v) is 15.3. The molecule has 0 bridgehead atoms. The molecule has 0 radical (unpaired) electrons. The number of hydrogen-bond donors (Lipinski definition) is 0. The summed E-state index contributed by atoms with van der Waals surface area (Å²) in [6.45, 7) is 0.257. The third-order valence-electron chi connectivity index (χ3n) is 4.82. The summed E-state index contributed by atoms with van der Waals surface area (Å²) in [5.74, 6) is 0.0504. The first-order chi connectivity index (χ1) is 14.3. The van der Waals surface area contributed by atoms with E-state index in [2.05, 4.69) is 15.3 Å². The van der Waals surface area contributed by atoms with Crippen molar-refractivity contribution in [2.45, 2.75) is 6.42 Å². The number of rotatable bonds is 5. The molecule has 0 aliphatic carbocycles. The molecule has 3 heterocycles. The highest BCUT2D eigenvalue weighted by Gasteiger charge is 2.17. The molecular weight excluding hydrogens is 340 g/mol. The number of carbonyl (C=O) groups excluding carboxylic acids is 1. The zero-order valence-electron chi connectivity index (χ0n) is 18.3. The van der Waals surface area contributed by atoms with Crippen molar-refractivity contribution in [1.29, 1.82) is 0 Å². The molecule has 27 heavy (non-hydrogen) atoms. The number of aryl methyl sites for hydroxylation is 1. The molecule has 1 aliphatic rings. The molecule has 1 aromatic carbocycles. The first-order valence-corrected chi connectivity index (χ1v) is 9.02. The van der Waals surface area contributed by atoms with Gasteiger partial charge in [-0.25, -0.2) is 0 Å². The molecule has 7 nitrogen and oxygen atoms in total. The maximum Gasteiger partial charge on any atom is 0.152 e. The smallest absolute Gasteiger partial charge is 0.152 e. The first-order valence-electron chi connectivity index (χ1n) is 10.5. The Kier molecular flexibility index (Phi) is 4.03. The largest absolute Gasteiger partial charge is 0.304 e. The van der Waals surface area contributed by atoms with Gasteiger partial charge in [-0.05, 0) is 30.7 Å². The highest BCUT2D eigenvalue weighted by atomic mass is 16.1. The molecule has 1 saturated heterocycles. The Morgan fingerprint density at radius 1 is 1.15 bits per heavy atom. The fourth-order valence-corrected chi connectivity index (χ4v) is 3.34. The molecule has 0 saturated carbocycles. The van der Waals surface area contributed by atoms with Gasteiger partial charge in [0.05, 0.1) is 30.4 Å². The molecule has 7 heteroatoms. The molecule has 1 aliphatic heterocycles. The highest BCUT2D eigenvalue weighted by Crippen LogP contribution is 2.23. The molecule has 1 fully saturated rings. The third-order valence-corrected chi connectivity index (χ3v) is 4.82. The number of piperazine rings is 1. The molecule has 4 rings (SSSR count). The van der Waals surface area contributed by atoms with Gasteiger partial charge in [0, 0.05) is 54.5 Å². The second kappa shape index (κ2) is 7.54. The number of carbonyl (C=O) groups is 1. The standard InChI is InChI=1S/C20H24N6O/c1-24-5-7-26(8-6-24)14-19(27)11-18-10-16-9-15(3-4-20(16)23-22-18)17-12-21-25(2)13-17/h3-4,9-10,12-13H,5-8,11,14H2,1-2H3/i1D3. The van der Waals surface area contributed by atoms with E-state index in [9.17, 15) is 4.79 Å². The van der Waals surface area contributed by atoms with E-state index in [0.717, 1.165) is 22.0 Å². The summed E-state index contributed by atoms with van der Waals surface area (Å²) in [5.41, 5.74) is 3.47. The van der Waals surface area contributed by atoms with Crippen LogP contribution in [0.25, 0.3) is 22.0 Å². The van der Waals surface area contributed by atoms with Crippen LogP contribution in [0.5, 0.6) is 0 Å². The van der Waals surface area contributed by atoms with E-state index < -0.39 is 6.98 Å². The van der Waals surface area contributed by atoms with E-state index in [1.807, 2.05) is 48.6 Å². The van der Waals surface area contributed by atoms with Crippen LogP contribution in [0.2, 0.25) is 0 Å². The van der Waals surface area contributed by atoms with Crippen molar-refractivity contribution in [3.8, 4) is 11.1 Å². The van der Waals surface area contributed by atoms with Crippen LogP contribution in [0.3, 0.4) is 0 Å². The van der Waals surface area contributed by atoms with Gasteiger partial charge in [0.2, 0.25) is 0 Å². The second-order valence-electron chi connectivity index (χ2n) is 6.99. The summed E-state index contributed by atoms with van der Waals surface area (Å²) >= 11 is 0. The van der Waals surface area contributed by atoms with Crippen molar-refractivity contribution >= 4 is 16.7 Å². The minimum Gasteiger partial charge on any atom is -0.304 e. The number of nitrogens with zero attached hydrogens (tertiary/aromatic N) is 6. The SMILES string of the molecule is [2H]C([2H])([2H])N1CCN(CC(=O)Cc2cc3cc(-c4cnn(C)c4)ccc3nn2)CC1. The average molecular weight is 367 g/mol. The van der Waals surface area contributed by atoms with Crippen LogP contribution in [0.15, 0.2) is 36.7 Å². The first kappa shape index (κ1) is 14.4. The van der Waals surface area contributed by atoms with E-state index in [-0.39, 0.29) is 12.2 Å². The topological polar surface area (TPSA) is 67.2 Å². The van der Waals surface area contributed by atoms with Crippen LogP contribution < -0.4 is 0 Å². The molecule has 0 atom stereocenters. The van der Waals surface area contributed by atoms with E-state index >= 15 is 0 Å². The number of fused-ring (bicyclic) bond motifs is 1. The fraction of sp³-hybridized carbons (Fsp3) is 0.400. The van der Waals surface area contributed by atoms with Crippen LogP contribution in [-0.4, -0.2) is 75.3 Å². The highest BCUT2D eigenvalue weighted by molar-refractivity contribution is 5.86. The fourth-order valence-electron chi connectivity index (χ4n) is 3.34. The molecule has 3 aromatic rings. The Morgan fingerprint density at radius 3 is 2.74 bits per heavy atom. The van der Waals surface area contributed by atoms with Crippen LogP contribution in [-0.2, 0) is 18.3 Å². The third kappa shape index (κ3) is 4.20. The molecule has 0 amide bonds. The number of ketones is 1. The van der Waals surface area contributed by atoms with Gasteiger partial charge in [-0.1, -0.05) is 6.07 Å². The van der Waals surface area contributed by atoms with E-state index in [4.69, 9.17) is 4.11 Å². The number of Topliss-reactive ketones (excluding diaryl/α,β-unsaturated/α-hetero) is 1. The van der Waals surface area contributed by atoms with E-state index in [1.165, 1.54) is 4.90 Å². The van der Waals surface area contributed by atoms with Gasteiger partial charge < -0.3 is 4.90 Å². The van der Waals surface area contributed by atoms with Crippen LogP contribution in [0.4, 0.5) is 0 Å². The Hall–Kier alpha value is -2.64. The minimum absolute atomic E-state index is 0.0504. The molecule has 140 valence electrons. The molecule has 0 spiro atoms. The Balaban J connectivity index is 1.40. The average Bonchev–Trinajstić information content (AvgIpc) is 3.13. The minimum atomic E-state index is -2.06. The van der Waals surface area contributed by atoms with Gasteiger partial charge in [-0.3, -0.25) is 14.4 Å². The molecule has 0 N–H and O–H groups in total. The molecule has 2 aromatic heterocycles. The van der Waals surface area contributed by atoms with Gasteiger partial charge >= 0.3 is 0 Å². The lowest BCUT2D eigenvalue weighted by molar-refractivity contribution is -0.120. The predicted octanol–water partition coefficient (Wildman–Crippen LogP) is 1.39. The maximum absolute atomic E-state index is 12.5. The quantitative estimate of drug-likeness (QED) is 0.679. The number of benzene rings is 1. The lowest BCUT2D eigenvalue weighted by Gasteiger charge is -2.31. The van der Waals surface area contributed by atoms with Crippen molar-refractivity contribution in [1.82, 2.24) is 29.8 Å². The van der Waals surface area contributed by atoms with Gasteiger partial charge in [0.25, 0.3) is 0 Å². The van der Waals surface area contributed by atoms with Crippen molar-refractivity contribution in [2.24, 2.45) is 7.05 Å². The van der Waals surface area contributed by atoms with Gasteiger partial charge in [0.15, 0.2) is 5.78 Å². The molecule has 0 unspecified atom stereocenters. The van der Waals surface area contributed by atoms with Crippen LogP contribution in [0, 0.1) is 0 Å². The Labute approximate surface area is 162 Å². The van der Waals surface area contributed by atoms with Crippen LogP contribution in [0.1, 0.15) is 9.81 Å². The summed E-state index contributed by atoms with van der Waals surface area (Å²) in [7, 11) is 1.88. The van der Waals surface area contributed by atoms with Gasteiger partial charge in [-0.15, -0.1) is 0 Å². The summed E-state index contributed by atoms with van der Waals surface area (Å²) in [6.07, 6.45) is 3.97. The zero-order chi connectivity index (χ0) is 21.3. The van der Waals surface area contributed by atoms with Gasteiger partial charge in [-0.2, -0.15) is 15.3 Å². The number of aromatic nitrogens is 4. The van der Waals surface area contributed by atoms with Crippen molar-refractivity contribution in [3.05, 3.63) is 42.4 Å². The Morgan fingerprint density at radius 2 is 2.00 bits per heavy atom.